The fraction of sp³-hybridized carbons (Fsp3) is 0.105. The van der Waals surface area contributed by atoms with Gasteiger partial charge in [-0.1, -0.05) is 18.2 Å². The van der Waals surface area contributed by atoms with Crippen molar-refractivity contribution in [1.82, 2.24) is 0 Å². The van der Waals surface area contributed by atoms with Crippen LogP contribution in [0.15, 0.2) is 63.8 Å². The first kappa shape index (κ1) is 17.2. The number of anilines is 1. The number of amides is 1. The van der Waals surface area contributed by atoms with E-state index in [0.29, 0.717) is 22.4 Å². The van der Waals surface area contributed by atoms with Gasteiger partial charge in [0.2, 0.25) is 0 Å². The molecule has 26 heavy (non-hydrogen) atoms. The van der Waals surface area contributed by atoms with Crippen LogP contribution in [0.5, 0.6) is 5.75 Å². The highest BCUT2D eigenvalue weighted by atomic mass is 16.5. The number of carbonyl (C=O) groups excluding carboxylic acids is 2. The number of hydrogen-bond acceptors (Lipinski definition) is 6. The number of fused-ring (bicyclic) bond motifs is 1. The molecule has 0 aliphatic rings. The minimum atomic E-state index is -0.922. The normalized spacial score (nSPS) is 10.3. The van der Waals surface area contributed by atoms with Crippen LogP contribution < -0.4 is 15.7 Å². The molecule has 1 aromatic heterocycles. The molecule has 0 aliphatic carbocycles. The van der Waals surface area contributed by atoms with Gasteiger partial charge in [-0.05, 0) is 36.4 Å². The van der Waals surface area contributed by atoms with E-state index in [1.54, 1.807) is 48.5 Å². The zero-order chi connectivity index (χ0) is 18.5. The topological polar surface area (TPSA) is 94.8 Å². The van der Waals surface area contributed by atoms with Gasteiger partial charge in [-0.2, -0.15) is 0 Å². The summed E-state index contributed by atoms with van der Waals surface area (Å²) in [5, 5.41) is 3.16. The van der Waals surface area contributed by atoms with E-state index in [2.05, 4.69) is 5.32 Å². The second-order valence-electron chi connectivity index (χ2n) is 5.34. The van der Waals surface area contributed by atoms with Crippen LogP contribution in [0.2, 0.25) is 0 Å². The van der Waals surface area contributed by atoms with E-state index in [1.165, 1.54) is 13.2 Å². The van der Waals surface area contributed by atoms with E-state index in [-0.39, 0.29) is 5.56 Å². The average Bonchev–Trinajstić information content (AvgIpc) is 2.66. The first-order chi connectivity index (χ1) is 12.6. The van der Waals surface area contributed by atoms with Crippen molar-refractivity contribution < 1.29 is 23.5 Å². The Hall–Kier alpha value is -3.61. The first-order valence-electron chi connectivity index (χ1n) is 7.71. The molecule has 132 valence electrons. The van der Waals surface area contributed by atoms with Crippen molar-refractivity contribution in [1.29, 1.82) is 0 Å². The standard InChI is InChI=1S/C19H15NO6/c1-24-14-8-6-13(7-9-14)20-17(21)11-25-18(22)15-10-12-4-2-3-5-16(12)26-19(15)23/h2-10H,11H2,1H3,(H,20,21). The number of ether oxygens (including phenoxy) is 2. The molecule has 0 fully saturated rings. The third kappa shape index (κ3) is 3.89. The SMILES string of the molecule is COc1ccc(NC(=O)COC(=O)c2cc3ccccc3oc2=O)cc1. The molecule has 0 radical (unpaired) electrons. The van der Waals surface area contributed by atoms with Crippen LogP contribution in [0.25, 0.3) is 11.0 Å². The van der Waals surface area contributed by atoms with Gasteiger partial charge in [0.05, 0.1) is 7.11 Å². The van der Waals surface area contributed by atoms with Crippen LogP contribution in [0.3, 0.4) is 0 Å². The molecule has 0 bridgehead atoms. The van der Waals surface area contributed by atoms with Crippen molar-refractivity contribution in [3.05, 3.63) is 70.6 Å². The smallest absolute Gasteiger partial charge is 0.351 e. The Kier molecular flexibility index (Phi) is 4.98. The van der Waals surface area contributed by atoms with Crippen LogP contribution in [-0.2, 0) is 9.53 Å². The van der Waals surface area contributed by atoms with Crippen molar-refractivity contribution >= 4 is 28.5 Å². The predicted octanol–water partition coefficient (Wildman–Crippen LogP) is 2.60. The van der Waals surface area contributed by atoms with Crippen LogP contribution in [0, 0.1) is 0 Å². The number of nitrogens with one attached hydrogen (secondary N) is 1. The summed E-state index contributed by atoms with van der Waals surface area (Å²) in [6.07, 6.45) is 0. The lowest BCUT2D eigenvalue weighted by molar-refractivity contribution is -0.119. The molecule has 1 N–H and O–H groups in total. The van der Waals surface area contributed by atoms with Gasteiger partial charge in [0, 0.05) is 11.1 Å². The zero-order valence-corrected chi connectivity index (χ0v) is 13.9. The highest BCUT2D eigenvalue weighted by Crippen LogP contribution is 2.15. The molecule has 0 unspecified atom stereocenters. The Balaban J connectivity index is 1.63. The van der Waals surface area contributed by atoms with Crippen molar-refractivity contribution in [3.8, 4) is 5.75 Å². The number of para-hydroxylation sites is 1. The summed E-state index contributed by atoms with van der Waals surface area (Å²) in [5.41, 5.74) is -0.187. The fourth-order valence-electron chi connectivity index (χ4n) is 2.28. The largest absolute Gasteiger partial charge is 0.497 e. The minimum Gasteiger partial charge on any atom is -0.497 e. The highest BCUT2D eigenvalue weighted by Gasteiger charge is 2.16. The average molecular weight is 353 g/mol. The molecule has 0 saturated heterocycles. The lowest BCUT2D eigenvalue weighted by Crippen LogP contribution is -2.23. The molecule has 7 heteroatoms. The van der Waals surface area contributed by atoms with E-state index in [1.807, 2.05) is 0 Å². The number of methoxy groups -OCH3 is 1. The molecule has 0 atom stereocenters. The second-order valence-corrected chi connectivity index (χ2v) is 5.34. The van der Waals surface area contributed by atoms with Gasteiger partial charge in [-0.25, -0.2) is 9.59 Å². The second kappa shape index (κ2) is 7.52. The van der Waals surface area contributed by atoms with Crippen LogP contribution >= 0.6 is 0 Å². The Bertz CT molecular complexity index is 1010. The van der Waals surface area contributed by atoms with Crippen LogP contribution in [0.1, 0.15) is 10.4 Å². The van der Waals surface area contributed by atoms with E-state index in [0.717, 1.165) is 0 Å². The molecule has 0 saturated carbocycles. The molecule has 0 aliphatic heterocycles. The summed E-state index contributed by atoms with van der Waals surface area (Å²) in [6, 6.07) is 14.8. The van der Waals surface area contributed by atoms with Crippen molar-refractivity contribution in [3.63, 3.8) is 0 Å². The lowest BCUT2D eigenvalue weighted by atomic mass is 10.2. The molecule has 0 spiro atoms. The summed E-state index contributed by atoms with van der Waals surface area (Å²) >= 11 is 0. The summed E-state index contributed by atoms with van der Waals surface area (Å²) in [6.45, 7) is -0.531. The number of esters is 1. The van der Waals surface area contributed by atoms with Crippen LogP contribution in [-0.4, -0.2) is 25.6 Å². The summed E-state index contributed by atoms with van der Waals surface area (Å²) in [7, 11) is 1.54. The number of carbonyl (C=O) groups is 2. The van der Waals surface area contributed by atoms with E-state index < -0.39 is 24.1 Å². The van der Waals surface area contributed by atoms with Crippen molar-refractivity contribution in [2.24, 2.45) is 0 Å². The zero-order valence-electron chi connectivity index (χ0n) is 13.9. The molecular weight excluding hydrogens is 338 g/mol. The molecule has 3 rings (SSSR count). The summed E-state index contributed by atoms with van der Waals surface area (Å²) < 4.78 is 15.0. The number of rotatable bonds is 5. The molecule has 3 aromatic rings. The maximum absolute atomic E-state index is 12.1. The van der Waals surface area contributed by atoms with Crippen LogP contribution in [0.4, 0.5) is 5.69 Å². The summed E-state index contributed by atoms with van der Waals surface area (Å²) in [5.74, 6) is -0.805. The quantitative estimate of drug-likeness (QED) is 0.560. The van der Waals surface area contributed by atoms with Gasteiger partial charge in [0.1, 0.15) is 16.9 Å². The van der Waals surface area contributed by atoms with Gasteiger partial charge in [-0.3, -0.25) is 4.79 Å². The predicted molar refractivity (Wildman–Crippen MR) is 94.4 cm³/mol. The molecular formula is C19H15NO6. The first-order valence-corrected chi connectivity index (χ1v) is 7.71. The minimum absolute atomic E-state index is 0.263. The van der Waals surface area contributed by atoms with Gasteiger partial charge in [0.15, 0.2) is 6.61 Å². The lowest BCUT2D eigenvalue weighted by Gasteiger charge is -2.07. The monoisotopic (exact) mass is 353 g/mol. The van der Waals surface area contributed by atoms with Gasteiger partial charge in [0.25, 0.3) is 5.91 Å². The molecule has 1 heterocycles. The maximum Gasteiger partial charge on any atom is 0.351 e. The Morgan fingerprint density at radius 2 is 1.81 bits per heavy atom. The molecule has 1 amide bonds. The number of hydrogen-bond donors (Lipinski definition) is 1. The van der Waals surface area contributed by atoms with Gasteiger partial charge >= 0.3 is 11.6 Å². The molecule has 7 nitrogen and oxygen atoms in total. The third-order valence-corrected chi connectivity index (χ3v) is 3.57. The Labute approximate surface area is 148 Å². The van der Waals surface area contributed by atoms with E-state index >= 15 is 0 Å². The van der Waals surface area contributed by atoms with E-state index in [4.69, 9.17) is 13.9 Å². The van der Waals surface area contributed by atoms with Crippen molar-refractivity contribution in [2.75, 3.05) is 19.0 Å². The van der Waals surface area contributed by atoms with Gasteiger partial charge < -0.3 is 19.2 Å². The fourth-order valence-corrected chi connectivity index (χ4v) is 2.28. The van der Waals surface area contributed by atoms with Gasteiger partial charge in [-0.15, -0.1) is 0 Å². The maximum atomic E-state index is 12.1. The van der Waals surface area contributed by atoms with Crippen molar-refractivity contribution in [2.45, 2.75) is 0 Å². The summed E-state index contributed by atoms with van der Waals surface area (Å²) in [4.78, 5) is 35.8. The highest BCUT2D eigenvalue weighted by molar-refractivity contribution is 5.96. The van der Waals surface area contributed by atoms with E-state index in [9.17, 15) is 14.4 Å². The Morgan fingerprint density at radius 3 is 2.54 bits per heavy atom. The number of benzene rings is 2. The third-order valence-electron chi connectivity index (χ3n) is 3.57. The molecule has 2 aromatic carbocycles. The Morgan fingerprint density at radius 1 is 1.08 bits per heavy atom.